The molecule has 0 amide bonds. The Balaban J connectivity index is 1.73. The summed E-state index contributed by atoms with van der Waals surface area (Å²) in [6, 6.07) is 11.3. The molecule has 1 N–H and O–H groups in total. The third kappa shape index (κ3) is 3.28. The molecule has 0 saturated carbocycles. The highest BCUT2D eigenvalue weighted by atomic mass is 15.5. The quantitative estimate of drug-likeness (QED) is 0.905. The second kappa shape index (κ2) is 6.32. The Labute approximate surface area is 125 Å². The van der Waals surface area contributed by atoms with Crippen LogP contribution in [0.3, 0.4) is 0 Å². The molecule has 1 saturated heterocycles. The van der Waals surface area contributed by atoms with E-state index in [-0.39, 0.29) is 0 Å². The molecule has 2 heterocycles. The summed E-state index contributed by atoms with van der Waals surface area (Å²) in [5.41, 5.74) is 1.22. The van der Waals surface area contributed by atoms with Gasteiger partial charge in [0.1, 0.15) is 0 Å². The minimum Gasteiger partial charge on any atom is -0.314 e. The Morgan fingerprint density at radius 3 is 2.52 bits per heavy atom. The fourth-order valence-corrected chi connectivity index (χ4v) is 2.86. The maximum Gasteiger partial charge on any atom is 0.165 e. The van der Waals surface area contributed by atoms with E-state index in [2.05, 4.69) is 51.7 Å². The van der Waals surface area contributed by atoms with E-state index in [1.165, 1.54) is 5.56 Å². The van der Waals surface area contributed by atoms with E-state index in [9.17, 15) is 0 Å². The second-order valence-corrected chi connectivity index (χ2v) is 5.77. The Morgan fingerprint density at radius 1 is 1.10 bits per heavy atom. The third-order valence-corrected chi connectivity index (χ3v) is 4.12. The average Bonchev–Trinajstić information content (AvgIpc) is 2.91. The van der Waals surface area contributed by atoms with E-state index in [1.807, 2.05) is 22.9 Å². The van der Waals surface area contributed by atoms with Gasteiger partial charge in [-0.05, 0) is 29.8 Å². The van der Waals surface area contributed by atoms with E-state index in [1.54, 1.807) is 0 Å². The number of hydrogen-bond donors (Lipinski definition) is 1. The summed E-state index contributed by atoms with van der Waals surface area (Å²) in [5.74, 6) is 0.930. The molecule has 6 nitrogen and oxygen atoms in total. The molecule has 1 fully saturated rings. The van der Waals surface area contributed by atoms with Crippen LogP contribution in [0.1, 0.15) is 25.2 Å². The highest BCUT2D eigenvalue weighted by Gasteiger charge is 2.26. The lowest BCUT2D eigenvalue weighted by molar-refractivity contribution is 0.104. The van der Waals surface area contributed by atoms with Gasteiger partial charge in [0.2, 0.25) is 0 Å². The predicted octanol–water partition coefficient (Wildman–Crippen LogP) is 0.904. The normalized spacial score (nSPS) is 23.3. The van der Waals surface area contributed by atoms with Crippen molar-refractivity contribution in [2.45, 2.75) is 39.0 Å². The molecule has 2 atom stereocenters. The van der Waals surface area contributed by atoms with Gasteiger partial charge in [0.05, 0.1) is 13.1 Å². The number of rotatable bonds is 4. The topological polar surface area (TPSA) is 58.9 Å². The van der Waals surface area contributed by atoms with Gasteiger partial charge in [0, 0.05) is 25.2 Å². The van der Waals surface area contributed by atoms with Gasteiger partial charge in [-0.2, -0.15) is 0 Å². The van der Waals surface area contributed by atoms with Gasteiger partial charge >= 0.3 is 0 Å². The molecule has 2 aromatic rings. The molecule has 1 aliphatic heterocycles. The molecule has 112 valence electrons. The fourth-order valence-electron chi connectivity index (χ4n) is 2.86. The van der Waals surface area contributed by atoms with Crippen LogP contribution >= 0.6 is 0 Å². The summed E-state index contributed by atoms with van der Waals surface area (Å²) >= 11 is 0. The van der Waals surface area contributed by atoms with Gasteiger partial charge in [0.15, 0.2) is 5.82 Å². The van der Waals surface area contributed by atoms with E-state index < -0.39 is 0 Å². The minimum absolute atomic E-state index is 0.496. The summed E-state index contributed by atoms with van der Waals surface area (Å²) in [7, 11) is 0. The van der Waals surface area contributed by atoms with Gasteiger partial charge < -0.3 is 5.32 Å². The maximum atomic E-state index is 4.22. The van der Waals surface area contributed by atoms with E-state index >= 15 is 0 Å². The summed E-state index contributed by atoms with van der Waals surface area (Å²) < 4.78 is 1.90. The zero-order valence-corrected chi connectivity index (χ0v) is 12.6. The van der Waals surface area contributed by atoms with Crippen LogP contribution < -0.4 is 5.32 Å². The van der Waals surface area contributed by atoms with Crippen molar-refractivity contribution in [2.24, 2.45) is 0 Å². The number of nitrogens with one attached hydrogen (secondary N) is 1. The first-order valence-corrected chi connectivity index (χ1v) is 7.49. The van der Waals surface area contributed by atoms with Crippen LogP contribution in [0, 0.1) is 0 Å². The zero-order chi connectivity index (χ0) is 14.7. The summed E-state index contributed by atoms with van der Waals surface area (Å²) in [4.78, 5) is 2.46. The lowest BCUT2D eigenvalue weighted by atomic mass is 10.1. The van der Waals surface area contributed by atoms with Crippen molar-refractivity contribution in [3.05, 3.63) is 41.7 Å². The number of benzene rings is 1. The first kappa shape index (κ1) is 14.2. The standard InChI is InChI=1S/C15H22N6/c1-12-8-16-9-13(2)20(12)11-15-17-18-19-21(15)10-14-6-4-3-5-7-14/h3-7,12-13,16H,8-11H2,1-2H3. The SMILES string of the molecule is CC1CNCC(C)N1Cc1nnnn1Cc1ccccc1. The van der Waals surface area contributed by atoms with E-state index in [4.69, 9.17) is 0 Å². The molecule has 6 heteroatoms. The molecular weight excluding hydrogens is 264 g/mol. The lowest BCUT2D eigenvalue weighted by Crippen LogP contribution is -2.54. The van der Waals surface area contributed by atoms with Crippen LogP contribution in [0.25, 0.3) is 0 Å². The molecule has 1 aromatic carbocycles. The van der Waals surface area contributed by atoms with Crippen LogP contribution in [-0.4, -0.2) is 50.3 Å². The highest BCUT2D eigenvalue weighted by Crippen LogP contribution is 2.13. The molecule has 3 rings (SSSR count). The lowest BCUT2D eigenvalue weighted by Gasteiger charge is -2.38. The number of tetrazole rings is 1. The largest absolute Gasteiger partial charge is 0.314 e. The van der Waals surface area contributed by atoms with Crippen LogP contribution in [0.5, 0.6) is 0 Å². The summed E-state index contributed by atoms with van der Waals surface area (Å²) in [5, 5.41) is 15.7. The number of nitrogens with zero attached hydrogens (tertiary/aromatic N) is 5. The van der Waals surface area contributed by atoms with Crippen molar-refractivity contribution in [2.75, 3.05) is 13.1 Å². The zero-order valence-electron chi connectivity index (χ0n) is 12.6. The minimum atomic E-state index is 0.496. The Kier molecular flexibility index (Phi) is 4.26. The second-order valence-electron chi connectivity index (χ2n) is 5.77. The van der Waals surface area contributed by atoms with E-state index in [0.29, 0.717) is 12.1 Å². The molecule has 21 heavy (non-hydrogen) atoms. The molecule has 0 aliphatic carbocycles. The molecule has 1 aliphatic rings. The first-order valence-electron chi connectivity index (χ1n) is 7.49. The van der Waals surface area contributed by atoms with Crippen molar-refractivity contribution < 1.29 is 0 Å². The number of piperazine rings is 1. The molecule has 0 bridgehead atoms. The van der Waals surface area contributed by atoms with Crippen LogP contribution in [0.2, 0.25) is 0 Å². The Bertz CT molecular complexity index is 557. The van der Waals surface area contributed by atoms with Crippen molar-refractivity contribution in [1.29, 1.82) is 0 Å². The third-order valence-electron chi connectivity index (χ3n) is 4.12. The Morgan fingerprint density at radius 2 is 1.81 bits per heavy atom. The van der Waals surface area contributed by atoms with Crippen LogP contribution in [0.4, 0.5) is 0 Å². The molecule has 2 unspecified atom stereocenters. The van der Waals surface area contributed by atoms with Gasteiger partial charge in [0.25, 0.3) is 0 Å². The maximum absolute atomic E-state index is 4.22. The van der Waals surface area contributed by atoms with Gasteiger partial charge in [-0.25, -0.2) is 4.68 Å². The molecule has 1 aromatic heterocycles. The van der Waals surface area contributed by atoms with Crippen molar-refractivity contribution >= 4 is 0 Å². The average molecular weight is 286 g/mol. The highest BCUT2D eigenvalue weighted by molar-refractivity contribution is 5.15. The Hall–Kier alpha value is -1.79. The van der Waals surface area contributed by atoms with Crippen molar-refractivity contribution in [1.82, 2.24) is 30.4 Å². The van der Waals surface area contributed by atoms with Gasteiger partial charge in [-0.1, -0.05) is 30.3 Å². The monoisotopic (exact) mass is 286 g/mol. The summed E-state index contributed by atoms with van der Waals surface area (Å²) in [6.07, 6.45) is 0. The fraction of sp³-hybridized carbons (Fsp3) is 0.533. The van der Waals surface area contributed by atoms with Gasteiger partial charge in [-0.15, -0.1) is 5.10 Å². The summed E-state index contributed by atoms with van der Waals surface area (Å²) in [6.45, 7) is 8.04. The van der Waals surface area contributed by atoms with Crippen LogP contribution in [0.15, 0.2) is 30.3 Å². The van der Waals surface area contributed by atoms with Crippen molar-refractivity contribution in [3.8, 4) is 0 Å². The molecule has 0 radical (unpaired) electrons. The smallest absolute Gasteiger partial charge is 0.165 e. The molecule has 0 spiro atoms. The van der Waals surface area contributed by atoms with Gasteiger partial charge in [-0.3, -0.25) is 4.90 Å². The number of aromatic nitrogens is 4. The van der Waals surface area contributed by atoms with E-state index in [0.717, 1.165) is 32.0 Å². The van der Waals surface area contributed by atoms with Crippen LogP contribution in [-0.2, 0) is 13.1 Å². The molecular formula is C15H22N6. The first-order chi connectivity index (χ1) is 10.2. The predicted molar refractivity (Wildman–Crippen MR) is 80.7 cm³/mol. The number of hydrogen-bond acceptors (Lipinski definition) is 5. The van der Waals surface area contributed by atoms with Crippen molar-refractivity contribution in [3.63, 3.8) is 0 Å².